The highest BCUT2D eigenvalue weighted by Crippen LogP contribution is 2.08. The molecule has 0 spiro atoms. The Labute approximate surface area is 117 Å². The lowest BCUT2D eigenvalue weighted by Gasteiger charge is -2.13. The molecular weight excluding hydrogens is 238 g/mol. The topological polar surface area (TPSA) is 12.0 Å². The van der Waals surface area contributed by atoms with Crippen LogP contribution in [-0.4, -0.2) is 24.1 Å². The highest BCUT2D eigenvalue weighted by atomic mass is 32.2. The average Bonchev–Trinajstić information content (AvgIpc) is 2.36. The van der Waals surface area contributed by atoms with Gasteiger partial charge < -0.3 is 5.32 Å². The Bertz CT molecular complexity index is 325. The molecule has 1 aromatic rings. The van der Waals surface area contributed by atoms with E-state index < -0.39 is 0 Å². The quantitative estimate of drug-likeness (QED) is 0.676. The van der Waals surface area contributed by atoms with Crippen LogP contribution in [-0.2, 0) is 6.42 Å². The van der Waals surface area contributed by atoms with Gasteiger partial charge in [-0.1, -0.05) is 36.8 Å². The fraction of sp³-hybridized carbons (Fsp3) is 0.625. The highest BCUT2D eigenvalue weighted by molar-refractivity contribution is 7.99. The van der Waals surface area contributed by atoms with Gasteiger partial charge in [-0.25, -0.2) is 0 Å². The first-order valence-corrected chi connectivity index (χ1v) is 8.24. The summed E-state index contributed by atoms with van der Waals surface area (Å²) >= 11 is 2.03. The molecular formula is C16H27NS. The van der Waals surface area contributed by atoms with Crippen LogP contribution in [0, 0.1) is 6.92 Å². The van der Waals surface area contributed by atoms with Crippen LogP contribution in [0.4, 0.5) is 0 Å². The maximum Gasteiger partial charge on any atom is 0.00418 e. The lowest BCUT2D eigenvalue weighted by atomic mass is 10.0. The first-order valence-electron chi connectivity index (χ1n) is 7.09. The van der Waals surface area contributed by atoms with Crippen LogP contribution in [0.3, 0.4) is 0 Å². The third-order valence-electron chi connectivity index (χ3n) is 3.11. The van der Waals surface area contributed by atoms with Gasteiger partial charge >= 0.3 is 0 Å². The molecule has 1 atom stereocenters. The molecule has 102 valence electrons. The molecule has 18 heavy (non-hydrogen) atoms. The van der Waals surface area contributed by atoms with Crippen molar-refractivity contribution in [2.45, 2.75) is 46.1 Å². The minimum absolute atomic E-state index is 0.622. The average molecular weight is 265 g/mol. The van der Waals surface area contributed by atoms with Crippen molar-refractivity contribution in [3.8, 4) is 0 Å². The molecule has 1 unspecified atom stereocenters. The highest BCUT2D eigenvalue weighted by Gasteiger charge is 2.01. The van der Waals surface area contributed by atoms with Crippen LogP contribution in [0.25, 0.3) is 0 Å². The number of rotatable bonds is 9. The van der Waals surface area contributed by atoms with Crippen molar-refractivity contribution in [2.24, 2.45) is 0 Å². The minimum atomic E-state index is 0.622. The zero-order valence-electron chi connectivity index (χ0n) is 12.0. The van der Waals surface area contributed by atoms with Gasteiger partial charge in [0.05, 0.1) is 0 Å². The van der Waals surface area contributed by atoms with E-state index in [-0.39, 0.29) is 0 Å². The summed E-state index contributed by atoms with van der Waals surface area (Å²) in [5, 5.41) is 3.61. The first kappa shape index (κ1) is 15.6. The Balaban J connectivity index is 2.11. The standard InChI is InChI=1S/C16H27NS/c1-4-18-12-6-11-17-15(3)9-10-16-8-5-7-14(2)13-16/h5,7-8,13,15,17H,4,6,9-12H2,1-3H3. The summed E-state index contributed by atoms with van der Waals surface area (Å²) < 4.78 is 0. The Hall–Kier alpha value is -0.470. The van der Waals surface area contributed by atoms with E-state index in [2.05, 4.69) is 50.4 Å². The van der Waals surface area contributed by atoms with Crippen LogP contribution in [0.2, 0.25) is 0 Å². The number of nitrogens with one attached hydrogen (secondary N) is 1. The monoisotopic (exact) mass is 265 g/mol. The van der Waals surface area contributed by atoms with Crippen molar-refractivity contribution in [2.75, 3.05) is 18.1 Å². The smallest absolute Gasteiger partial charge is 0.00418 e. The summed E-state index contributed by atoms with van der Waals surface area (Å²) in [6.45, 7) is 7.84. The number of hydrogen-bond acceptors (Lipinski definition) is 2. The van der Waals surface area contributed by atoms with Crippen LogP contribution < -0.4 is 5.32 Å². The molecule has 1 nitrogen and oxygen atoms in total. The molecule has 0 radical (unpaired) electrons. The molecule has 0 aliphatic carbocycles. The van der Waals surface area contributed by atoms with Crippen molar-refractivity contribution >= 4 is 11.8 Å². The summed E-state index contributed by atoms with van der Waals surface area (Å²) in [6.07, 6.45) is 3.69. The van der Waals surface area contributed by atoms with Gasteiger partial charge in [0.15, 0.2) is 0 Å². The lowest BCUT2D eigenvalue weighted by Crippen LogP contribution is -2.27. The van der Waals surface area contributed by atoms with E-state index in [1.165, 1.54) is 41.9 Å². The molecule has 0 saturated heterocycles. The number of hydrogen-bond donors (Lipinski definition) is 1. The summed E-state index contributed by atoms with van der Waals surface area (Å²) in [6, 6.07) is 9.47. The van der Waals surface area contributed by atoms with Gasteiger partial charge in [0, 0.05) is 6.04 Å². The third-order valence-corrected chi connectivity index (χ3v) is 4.10. The minimum Gasteiger partial charge on any atom is -0.314 e. The fourth-order valence-corrected chi connectivity index (χ4v) is 2.66. The lowest BCUT2D eigenvalue weighted by molar-refractivity contribution is 0.515. The molecule has 1 N–H and O–H groups in total. The van der Waals surface area contributed by atoms with Gasteiger partial charge in [-0.15, -0.1) is 0 Å². The zero-order chi connectivity index (χ0) is 13.2. The molecule has 0 heterocycles. The second-order valence-corrected chi connectivity index (χ2v) is 6.33. The molecule has 1 rings (SSSR count). The van der Waals surface area contributed by atoms with Gasteiger partial charge in [-0.3, -0.25) is 0 Å². The summed E-state index contributed by atoms with van der Waals surface area (Å²) in [5.74, 6) is 2.52. The predicted octanol–water partition coefficient (Wildman–Crippen LogP) is 4.05. The zero-order valence-corrected chi connectivity index (χ0v) is 12.9. The SMILES string of the molecule is CCSCCCNC(C)CCc1cccc(C)c1. The van der Waals surface area contributed by atoms with E-state index >= 15 is 0 Å². The van der Waals surface area contributed by atoms with E-state index in [1.807, 2.05) is 11.8 Å². The van der Waals surface area contributed by atoms with E-state index in [0.717, 1.165) is 6.54 Å². The van der Waals surface area contributed by atoms with Crippen molar-refractivity contribution < 1.29 is 0 Å². The molecule has 1 aromatic carbocycles. The molecule has 0 amide bonds. The Morgan fingerprint density at radius 3 is 2.89 bits per heavy atom. The second kappa shape index (κ2) is 9.46. The maximum absolute atomic E-state index is 3.61. The van der Waals surface area contributed by atoms with E-state index in [4.69, 9.17) is 0 Å². The van der Waals surface area contributed by atoms with Crippen molar-refractivity contribution in [3.05, 3.63) is 35.4 Å². The summed E-state index contributed by atoms with van der Waals surface area (Å²) in [4.78, 5) is 0. The molecule has 0 saturated carbocycles. The van der Waals surface area contributed by atoms with Gasteiger partial charge in [0.1, 0.15) is 0 Å². The van der Waals surface area contributed by atoms with Crippen LogP contribution in [0.1, 0.15) is 37.8 Å². The van der Waals surface area contributed by atoms with Crippen LogP contribution in [0.5, 0.6) is 0 Å². The summed E-state index contributed by atoms with van der Waals surface area (Å²) in [5.41, 5.74) is 2.83. The van der Waals surface area contributed by atoms with E-state index in [9.17, 15) is 0 Å². The molecule has 0 aliphatic rings. The van der Waals surface area contributed by atoms with Gasteiger partial charge in [0.2, 0.25) is 0 Å². The number of aryl methyl sites for hydroxylation is 2. The Morgan fingerprint density at radius 1 is 1.33 bits per heavy atom. The largest absolute Gasteiger partial charge is 0.314 e. The van der Waals surface area contributed by atoms with Crippen molar-refractivity contribution in [1.29, 1.82) is 0 Å². The van der Waals surface area contributed by atoms with Crippen molar-refractivity contribution in [3.63, 3.8) is 0 Å². The molecule has 0 aromatic heterocycles. The predicted molar refractivity (Wildman–Crippen MR) is 84.6 cm³/mol. The van der Waals surface area contributed by atoms with Crippen molar-refractivity contribution in [1.82, 2.24) is 5.32 Å². The number of benzene rings is 1. The second-order valence-electron chi connectivity index (χ2n) is 4.93. The number of thioether (sulfide) groups is 1. The fourth-order valence-electron chi connectivity index (χ4n) is 2.02. The third kappa shape index (κ3) is 7.07. The van der Waals surface area contributed by atoms with Crippen LogP contribution >= 0.6 is 11.8 Å². The van der Waals surface area contributed by atoms with E-state index in [0.29, 0.717) is 6.04 Å². The first-order chi connectivity index (χ1) is 8.72. The van der Waals surface area contributed by atoms with E-state index in [1.54, 1.807) is 0 Å². The normalized spacial score (nSPS) is 12.6. The van der Waals surface area contributed by atoms with Gasteiger partial charge in [0.25, 0.3) is 0 Å². The van der Waals surface area contributed by atoms with Crippen LogP contribution in [0.15, 0.2) is 24.3 Å². The van der Waals surface area contributed by atoms with Gasteiger partial charge in [-0.05, 0) is 56.7 Å². The molecule has 0 fully saturated rings. The Kier molecular flexibility index (Phi) is 8.19. The molecule has 0 aliphatic heterocycles. The molecule has 0 bridgehead atoms. The maximum atomic E-state index is 3.61. The van der Waals surface area contributed by atoms with Gasteiger partial charge in [-0.2, -0.15) is 11.8 Å². The molecule has 2 heteroatoms. The Morgan fingerprint density at radius 2 is 2.17 bits per heavy atom. The summed E-state index contributed by atoms with van der Waals surface area (Å²) in [7, 11) is 0.